The molecule has 136 valence electrons. The lowest BCUT2D eigenvalue weighted by molar-refractivity contribution is 0.0857. The predicted molar refractivity (Wildman–Crippen MR) is 96.7 cm³/mol. The van der Waals surface area contributed by atoms with Gasteiger partial charge in [0.25, 0.3) is 0 Å². The first-order valence-corrected chi connectivity index (χ1v) is 8.52. The molecule has 0 bridgehead atoms. The van der Waals surface area contributed by atoms with E-state index in [0.717, 1.165) is 35.6 Å². The maximum Gasteiger partial charge on any atom is 0.203 e. The Morgan fingerprint density at radius 3 is 2.46 bits per heavy atom. The summed E-state index contributed by atoms with van der Waals surface area (Å²) in [6, 6.07) is 9.99. The Bertz CT molecular complexity index is 836. The van der Waals surface area contributed by atoms with Crippen molar-refractivity contribution in [1.82, 2.24) is 0 Å². The molecule has 26 heavy (non-hydrogen) atoms. The van der Waals surface area contributed by atoms with Crippen molar-refractivity contribution in [1.29, 1.82) is 0 Å². The van der Waals surface area contributed by atoms with Crippen molar-refractivity contribution in [2.75, 3.05) is 27.9 Å². The number of hydrogen-bond acceptors (Lipinski definition) is 6. The highest BCUT2D eigenvalue weighted by atomic mass is 16.6. The molecule has 0 aromatic heterocycles. The van der Waals surface area contributed by atoms with Gasteiger partial charge in [-0.1, -0.05) is 11.2 Å². The molecular formula is C20H21NO5. The minimum atomic E-state index is -0.102. The maximum absolute atomic E-state index is 5.70. The van der Waals surface area contributed by atoms with Gasteiger partial charge in [-0.2, -0.15) is 0 Å². The highest BCUT2D eigenvalue weighted by molar-refractivity contribution is 6.02. The monoisotopic (exact) mass is 355 g/mol. The Balaban J connectivity index is 1.59. The molecule has 2 aliphatic rings. The van der Waals surface area contributed by atoms with Crippen LogP contribution in [0.3, 0.4) is 0 Å². The summed E-state index contributed by atoms with van der Waals surface area (Å²) in [5.74, 6) is 2.73. The van der Waals surface area contributed by atoms with Crippen molar-refractivity contribution in [3.63, 3.8) is 0 Å². The van der Waals surface area contributed by atoms with Gasteiger partial charge in [0.05, 0.1) is 33.6 Å². The lowest BCUT2D eigenvalue weighted by Crippen LogP contribution is -2.04. The van der Waals surface area contributed by atoms with Gasteiger partial charge in [-0.05, 0) is 35.4 Å². The normalized spacial score (nSPS) is 17.8. The summed E-state index contributed by atoms with van der Waals surface area (Å²) in [7, 11) is 4.79. The van der Waals surface area contributed by atoms with Gasteiger partial charge in [-0.3, -0.25) is 0 Å². The van der Waals surface area contributed by atoms with Crippen LogP contribution in [0.25, 0.3) is 0 Å². The van der Waals surface area contributed by atoms with Gasteiger partial charge >= 0.3 is 0 Å². The average molecular weight is 355 g/mol. The standard InChI is InChI=1S/C20H21NO5/c1-22-18-9-14(10-19(23-2)20(18)24-3)15-11-17(26-21-15)12-4-5-16-13(8-12)6-7-25-16/h4-5,8-10,17H,6-7,11H2,1-3H3. The Morgan fingerprint density at radius 2 is 1.77 bits per heavy atom. The molecule has 0 saturated carbocycles. The molecule has 0 fully saturated rings. The van der Waals surface area contributed by atoms with Crippen molar-refractivity contribution < 1.29 is 23.8 Å². The van der Waals surface area contributed by atoms with Crippen LogP contribution in [-0.4, -0.2) is 33.6 Å². The fraction of sp³-hybridized carbons (Fsp3) is 0.350. The SMILES string of the molecule is COc1cc(C2=NOC(c3ccc4c(c3)CCO4)C2)cc(OC)c1OC. The van der Waals surface area contributed by atoms with E-state index in [0.29, 0.717) is 23.7 Å². The van der Waals surface area contributed by atoms with E-state index in [4.69, 9.17) is 23.8 Å². The van der Waals surface area contributed by atoms with E-state index in [9.17, 15) is 0 Å². The minimum Gasteiger partial charge on any atom is -0.493 e. The molecular weight excluding hydrogens is 334 g/mol. The maximum atomic E-state index is 5.70. The Kier molecular flexibility index (Phi) is 4.32. The van der Waals surface area contributed by atoms with Crippen molar-refractivity contribution >= 4 is 5.71 Å². The zero-order valence-electron chi connectivity index (χ0n) is 15.1. The first-order chi connectivity index (χ1) is 12.7. The highest BCUT2D eigenvalue weighted by Crippen LogP contribution is 2.40. The molecule has 1 atom stereocenters. The summed E-state index contributed by atoms with van der Waals surface area (Å²) in [6.45, 7) is 0.748. The number of hydrogen-bond donors (Lipinski definition) is 0. The van der Waals surface area contributed by atoms with E-state index in [1.54, 1.807) is 21.3 Å². The van der Waals surface area contributed by atoms with Crippen LogP contribution in [-0.2, 0) is 11.3 Å². The van der Waals surface area contributed by atoms with Crippen molar-refractivity contribution in [2.24, 2.45) is 5.16 Å². The summed E-state index contributed by atoms with van der Waals surface area (Å²) in [4.78, 5) is 5.70. The summed E-state index contributed by atoms with van der Waals surface area (Å²) in [6.07, 6.45) is 1.52. The summed E-state index contributed by atoms with van der Waals surface area (Å²) in [5, 5.41) is 4.30. The third-order valence-corrected chi connectivity index (χ3v) is 4.75. The van der Waals surface area contributed by atoms with Crippen molar-refractivity contribution in [2.45, 2.75) is 18.9 Å². The summed E-state index contributed by atoms with van der Waals surface area (Å²) in [5.41, 5.74) is 4.09. The highest BCUT2D eigenvalue weighted by Gasteiger charge is 2.27. The van der Waals surface area contributed by atoms with Crippen LogP contribution in [0.5, 0.6) is 23.0 Å². The third-order valence-electron chi connectivity index (χ3n) is 4.75. The number of rotatable bonds is 5. The lowest BCUT2D eigenvalue weighted by atomic mass is 9.98. The zero-order valence-corrected chi connectivity index (χ0v) is 15.1. The van der Waals surface area contributed by atoms with Crippen LogP contribution in [0, 0.1) is 0 Å². The van der Waals surface area contributed by atoms with Gasteiger partial charge in [-0.25, -0.2) is 0 Å². The Hall–Kier alpha value is -2.89. The minimum absolute atomic E-state index is 0.102. The summed E-state index contributed by atoms with van der Waals surface area (Å²) >= 11 is 0. The largest absolute Gasteiger partial charge is 0.493 e. The second-order valence-electron chi connectivity index (χ2n) is 6.22. The van der Waals surface area contributed by atoms with Gasteiger partial charge in [0.1, 0.15) is 5.75 Å². The van der Waals surface area contributed by atoms with E-state index in [2.05, 4.69) is 11.2 Å². The molecule has 0 N–H and O–H groups in total. The smallest absolute Gasteiger partial charge is 0.203 e. The molecule has 2 aromatic rings. The van der Waals surface area contributed by atoms with E-state index in [-0.39, 0.29) is 6.10 Å². The predicted octanol–water partition coefficient (Wildman–Crippen LogP) is 3.51. The molecule has 2 aliphatic heterocycles. The summed E-state index contributed by atoms with van der Waals surface area (Å²) < 4.78 is 21.8. The number of nitrogens with zero attached hydrogens (tertiary/aromatic N) is 1. The molecule has 4 rings (SSSR count). The van der Waals surface area contributed by atoms with E-state index in [1.165, 1.54) is 5.56 Å². The number of ether oxygens (including phenoxy) is 4. The lowest BCUT2D eigenvalue weighted by Gasteiger charge is -2.14. The van der Waals surface area contributed by atoms with Gasteiger partial charge in [0.2, 0.25) is 5.75 Å². The molecule has 1 unspecified atom stereocenters. The van der Waals surface area contributed by atoms with Crippen LogP contribution in [0.4, 0.5) is 0 Å². The van der Waals surface area contributed by atoms with Crippen LogP contribution >= 0.6 is 0 Å². The van der Waals surface area contributed by atoms with E-state index in [1.807, 2.05) is 24.3 Å². The first kappa shape index (κ1) is 16.6. The molecule has 2 heterocycles. The second kappa shape index (κ2) is 6.78. The van der Waals surface area contributed by atoms with Crippen molar-refractivity contribution in [3.05, 3.63) is 47.0 Å². The fourth-order valence-electron chi connectivity index (χ4n) is 3.38. The molecule has 0 saturated heterocycles. The zero-order chi connectivity index (χ0) is 18.1. The van der Waals surface area contributed by atoms with Gasteiger partial charge in [0.15, 0.2) is 17.6 Å². The van der Waals surface area contributed by atoms with E-state index < -0.39 is 0 Å². The number of benzene rings is 2. The Labute approximate surface area is 152 Å². The topological polar surface area (TPSA) is 58.5 Å². The van der Waals surface area contributed by atoms with Gasteiger partial charge < -0.3 is 23.8 Å². The quantitative estimate of drug-likeness (QED) is 0.821. The Morgan fingerprint density at radius 1 is 1.00 bits per heavy atom. The molecule has 0 aliphatic carbocycles. The van der Waals surface area contributed by atoms with Gasteiger partial charge in [-0.15, -0.1) is 0 Å². The second-order valence-corrected chi connectivity index (χ2v) is 6.22. The number of fused-ring (bicyclic) bond motifs is 1. The third kappa shape index (κ3) is 2.81. The van der Waals surface area contributed by atoms with Crippen molar-refractivity contribution in [3.8, 4) is 23.0 Å². The van der Waals surface area contributed by atoms with Crippen LogP contribution < -0.4 is 18.9 Å². The molecule has 0 amide bonds. The van der Waals surface area contributed by atoms with E-state index >= 15 is 0 Å². The first-order valence-electron chi connectivity index (χ1n) is 8.52. The molecule has 0 spiro atoms. The molecule has 0 radical (unpaired) electrons. The van der Waals surface area contributed by atoms with Crippen LogP contribution in [0.1, 0.15) is 29.2 Å². The number of oxime groups is 1. The van der Waals surface area contributed by atoms with Crippen LogP contribution in [0.15, 0.2) is 35.5 Å². The molecule has 6 nitrogen and oxygen atoms in total. The molecule has 6 heteroatoms. The van der Waals surface area contributed by atoms with Crippen LogP contribution in [0.2, 0.25) is 0 Å². The fourth-order valence-corrected chi connectivity index (χ4v) is 3.38. The average Bonchev–Trinajstić information content (AvgIpc) is 3.35. The van der Waals surface area contributed by atoms with Gasteiger partial charge in [0, 0.05) is 18.4 Å². The molecule has 2 aromatic carbocycles. The number of methoxy groups -OCH3 is 3.